The van der Waals surface area contributed by atoms with Crippen molar-refractivity contribution in [3.8, 4) is 0 Å². The molecule has 82 valence electrons. The summed E-state index contributed by atoms with van der Waals surface area (Å²) in [6, 6.07) is 2.12. The maximum atomic E-state index is 11.9. The third-order valence-electron chi connectivity index (χ3n) is 3.39. The van der Waals surface area contributed by atoms with Crippen molar-refractivity contribution in [3.05, 3.63) is 22.4 Å². The molecule has 2 atom stereocenters. The van der Waals surface area contributed by atoms with Gasteiger partial charge in [0, 0.05) is 12.3 Å². The first-order valence-corrected chi connectivity index (χ1v) is 6.74. The van der Waals surface area contributed by atoms with Gasteiger partial charge in [-0.25, -0.2) is 0 Å². The van der Waals surface area contributed by atoms with Gasteiger partial charge in [0.25, 0.3) is 0 Å². The number of Topliss-reactive ketones (excluding diaryl/α,β-unsaturated/α-hetero) is 1. The van der Waals surface area contributed by atoms with Crippen LogP contribution in [0.25, 0.3) is 0 Å². The van der Waals surface area contributed by atoms with Crippen LogP contribution >= 0.6 is 11.3 Å². The number of hydrogen-bond acceptors (Lipinski definition) is 2. The highest BCUT2D eigenvalue weighted by atomic mass is 32.1. The van der Waals surface area contributed by atoms with Crippen molar-refractivity contribution < 1.29 is 4.79 Å². The van der Waals surface area contributed by atoms with Gasteiger partial charge in [0.1, 0.15) is 5.78 Å². The van der Waals surface area contributed by atoms with E-state index < -0.39 is 0 Å². The minimum Gasteiger partial charge on any atom is -0.299 e. The molecule has 0 bridgehead atoms. The minimum atomic E-state index is 0.374. The van der Waals surface area contributed by atoms with Crippen molar-refractivity contribution in [2.24, 2.45) is 11.8 Å². The van der Waals surface area contributed by atoms with E-state index in [1.165, 1.54) is 12.0 Å². The van der Waals surface area contributed by atoms with Crippen molar-refractivity contribution >= 4 is 17.1 Å². The Balaban J connectivity index is 1.78. The van der Waals surface area contributed by atoms with Crippen LogP contribution in [0.2, 0.25) is 0 Å². The van der Waals surface area contributed by atoms with Gasteiger partial charge in [0.2, 0.25) is 0 Å². The Morgan fingerprint density at radius 3 is 3.00 bits per heavy atom. The van der Waals surface area contributed by atoms with Crippen molar-refractivity contribution in [2.75, 3.05) is 0 Å². The van der Waals surface area contributed by atoms with E-state index >= 15 is 0 Å². The molecule has 15 heavy (non-hydrogen) atoms. The van der Waals surface area contributed by atoms with Crippen LogP contribution in [0.3, 0.4) is 0 Å². The smallest absolute Gasteiger partial charge is 0.136 e. The van der Waals surface area contributed by atoms with Gasteiger partial charge in [-0.2, -0.15) is 11.3 Å². The molecule has 1 saturated carbocycles. The SMILES string of the molecule is CC1CCC(C(=O)CCc2ccsc2)C1. The molecular weight excluding hydrogens is 204 g/mol. The second-order valence-electron chi connectivity index (χ2n) is 4.71. The number of carbonyl (C=O) groups excluding carboxylic acids is 1. The topological polar surface area (TPSA) is 17.1 Å². The fourth-order valence-electron chi connectivity index (χ4n) is 2.41. The molecule has 0 radical (unpaired) electrons. The van der Waals surface area contributed by atoms with Crippen LogP contribution in [0.5, 0.6) is 0 Å². The Morgan fingerprint density at radius 1 is 1.53 bits per heavy atom. The first-order chi connectivity index (χ1) is 7.25. The van der Waals surface area contributed by atoms with Crippen LogP contribution in [0.1, 0.15) is 38.2 Å². The summed E-state index contributed by atoms with van der Waals surface area (Å²) >= 11 is 1.71. The molecule has 1 aromatic heterocycles. The molecule has 1 aliphatic rings. The van der Waals surface area contributed by atoms with E-state index in [0.29, 0.717) is 11.7 Å². The molecule has 0 amide bonds. The zero-order valence-electron chi connectivity index (χ0n) is 9.24. The van der Waals surface area contributed by atoms with E-state index in [9.17, 15) is 4.79 Å². The third kappa shape index (κ3) is 2.91. The van der Waals surface area contributed by atoms with Gasteiger partial charge in [-0.3, -0.25) is 4.79 Å². The first kappa shape index (κ1) is 10.9. The van der Waals surface area contributed by atoms with Gasteiger partial charge < -0.3 is 0 Å². The molecule has 0 saturated heterocycles. The van der Waals surface area contributed by atoms with E-state index in [-0.39, 0.29) is 0 Å². The summed E-state index contributed by atoms with van der Waals surface area (Å²) < 4.78 is 0. The lowest BCUT2D eigenvalue weighted by molar-refractivity contribution is -0.122. The van der Waals surface area contributed by atoms with E-state index in [1.54, 1.807) is 11.3 Å². The van der Waals surface area contributed by atoms with Gasteiger partial charge >= 0.3 is 0 Å². The Labute approximate surface area is 95.5 Å². The van der Waals surface area contributed by atoms with Crippen molar-refractivity contribution in [1.29, 1.82) is 0 Å². The Kier molecular flexibility index (Phi) is 3.57. The summed E-state index contributed by atoms with van der Waals surface area (Å²) in [5, 5.41) is 4.22. The normalized spacial score (nSPS) is 25.7. The number of rotatable bonds is 4. The van der Waals surface area contributed by atoms with Gasteiger partial charge in [-0.15, -0.1) is 0 Å². The van der Waals surface area contributed by atoms with Crippen LogP contribution in [0, 0.1) is 11.8 Å². The third-order valence-corrected chi connectivity index (χ3v) is 4.12. The molecule has 2 rings (SSSR count). The maximum absolute atomic E-state index is 11.9. The molecule has 2 heteroatoms. The van der Waals surface area contributed by atoms with Crippen LogP contribution in [0.4, 0.5) is 0 Å². The highest BCUT2D eigenvalue weighted by molar-refractivity contribution is 7.07. The standard InChI is InChI=1S/C13H18OS/c1-10-2-4-12(8-10)13(14)5-3-11-6-7-15-9-11/h6-7,9-10,12H,2-5,8H2,1H3. The number of ketones is 1. The fourth-order valence-corrected chi connectivity index (χ4v) is 3.11. The second kappa shape index (κ2) is 4.93. The summed E-state index contributed by atoms with van der Waals surface area (Å²) in [6.07, 6.45) is 5.18. The van der Waals surface area contributed by atoms with Crippen LogP contribution < -0.4 is 0 Å². The van der Waals surface area contributed by atoms with Gasteiger partial charge in [0.15, 0.2) is 0 Å². The van der Waals surface area contributed by atoms with Gasteiger partial charge in [-0.05, 0) is 54.0 Å². The molecule has 0 aliphatic heterocycles. The van der Waals surface area contributed by atoms with Crippen LogP contribution in [-0.4, -0.2) is 5.78 Å². The molecular formula is C13H18OS. The lowest BCUT2D eigenvalue weighted by Gasteiger charge is -2.07. The quantitative estimate of drug-likeness (QED) is 0.759. The number of aryl methyl sites for hydroxylation is 1. The Hall–Kier alpha value is -0.630. The highest BCUT2D eigenvalue weighted by Crippen LogP contribution is 2.31. The predicted octanol–water partition coefficient (Wildman–Crippen LogP) is 3.69. The molecule has 0 aromatic carbocycles. The number of hydrogen-bond donors (Lipinski definition) is 0. The lowest BCUT2D eigenvalue weighted by Crippen LogP contribution is -2.11. The monoisotopic (exact) mass is 222 g/mol. The molecule has 0 N–H and O–H groups in total. The minimum absolute atomic E-state index is 0.374. The zero-order valence-corrected chi connectivity index (χ0v) is 10.1. The Morgan fingerprint density at radius 2 is 2.40 bits per heavy atom. The Bertz CT molecular complexity index is 315. The molecule has 1 aromatic rings. The first-order valence-electron chi connectivity index (χ1n) is 5.79. The van der Waals surface area contributed by atoms with Crippen LogP contribution in [0.15, 0.2) is 16.8 Å². The summed E-state index contributed by atoms with van der Waals surface area (Å²) in [5.41, 5.74) is 1.32. The summed E-state index contributed by atoms with van der Waals surface area (Å²) in [4.78, 5) is 11.9. The summed E-state index contributed by atoms with van der Waals surface area (Å²) in [6.45, 7) is 2.26. The van der Waals surface area contributed by atoms with Crippen molar-refractivity contribution in [2.45, 2.75) is 39.0 Å². The van der Waals surface area contributed by atoms with Gasteiger partial charge in [-0.1, -0.05) is 6.92 Å². The molecule has 0 spiro atoms. The van der Waals surface area contributed by atoms with Crippen LogP contribution in [-0.2, 0) is 11.2 Å². The molecule has 1 fully saturated rings. The molecule has 1 aliphatic carbocycles. The molecule has 2 unspecified atom stereocenters. The zero-order chi connectivity index (χ0) is 10.7. The summed E-state index contributed by atoms with van der Waals surface area (Å²) in [5.74, 6) is 1.63. The highest BCUT2D eigenvalue weighted by Gasteiger charge is 2.26. The summed E-state index contributed by atoms with van der Waals surface area (Å²) in [7, 11) is 0. The average molecular weight is 222 g/mol. The van der Waals surface area contributed by atoms with Crippen molar-refractivity contribution in [3.63, 3.8) is 0 Å². The second-order valence-corrected chi connectivity index (χ2v) is 5.49. The van der Waals surface area contributed by atoms with Gasteiger partial charge in [0.05, 0.1) is 0 Å². The maximum Gasteiger partial charge on any atom is 0.136 e. The van der Waals surface area contributed by atoms with E-state index in [2.05, 4.69) is 23.8 Å². The molecule has 1 nitrogen and oxygen atoms in total. The van der Waals surface area contributed by atoms with E-state index in [0.717, 1.165) is 31.6 Å². The van der Waals surface area contributed by atoms with E-state index in [4.69, 9.17) is 0 Å². The van der Waals surface area contributed by atoms with Crippen molar-refractivity contribution in [1.82, 2.24) is 0 Å². The predicted molar refractivity (Wildman–Crippen MR) is 64.2 cm³/mol. The fraction of sp³-hybridized carbons (Fsp3) is 0.615. The molecule has 1 heterocycles. The van der Waals surface area contributed by atoms with E-state index in [1.807, 2.05) is 0 Å². The number of carbonyl (C=O) groups is 1. The lowest BCUT2D eigenvalue weighted by atomic mass is 9.96. The number of thiophene rings is 1. The average Bonchev–Trinajstić information content (AvgIpc) is 2.84. The largest absolute Gasteiger partial charge is 0.299 e.